The maximum Gasteiger partial charge on any atom is 0.224 e. The second kappa shape index (κ2) is 6.39. The molecule has 0 aliphatic carbocycles. The number of halogens is 1. The van der Waals surface area contributed by atoms with Gasteiger partial charge in [0.25, 0.3) is 0 Å². The molecule has 0 saturated carbocycles. The number of benzene rings is 2. The van der Waals surface area contributed by atoms with Crippen LogP contribution >= 0.6 is 11.6 Å². The minimum absolute atomic E-state index is 0.0127. The van der Waals surface area contributed by atoms with Gasteiger partial charge in [0.2, 0.25) is 5.91 Å². The maximum absolute atomic E-state index is 11.9. The first-order valence-electron chi connectivity index (χ1n) is 6.24. The van der Waals surface area contributed by atoms with E-state index in [1.165, 1.54) is 0 Å². The van der Waals surface area contributed by atoms with Gasteiger partial charge in [-0.25, -0.2) is 0 Å². The molecule has 0 spiro atoms. The van der Waals surface area contributed by atoms with Crippen molar-refractivity contribution in [2.24, 2.45) is 0 Å². The Morgan fingerprint density at radius 3 is 2.37 bits per heavy atom. The second-order valence-corrected chi connectivity index (χ2v) is 4.94. The monoisotopic (exact) mass is 273 g/mol. The van der Waals surface area contributed by atoms with Crippen LogP contribution in [0, 0.1) is 0 Å². The Balaban J connectivity index is 1.93. The van der Waals surface area contributed by atoms with Crippen LogP contribution in [0.2, 0.25) is 5.02 Å². The van der Waals surface area contributed by atoms with Crippen LogP contribution in [0.1, 0.15) is 24.1 Å². The summed E-state index contributed by atoms with van der Waals surface area (Å²) in [7, 11) is 0. The van der Waals surface area contributed by atoms with E-state index < -0.39 is 0 Å². The molecule has 2 aromatic rings. The van der Waals surface area contributed by atoms with Crippen molar-refractivity contribution < 1.29 is 4.79 Å². The number of carbonyl (C=O) groups is 1. The van der Waals surface area contributed by atoms with Crippen molar-refractivity contribution in [1.82, 2.24) is 5.32 Å². The SMILES string of the molecule is CC(NC(=O)Cc1ccc(Cl)cc1)c1ccccc1. The van der Waals surface area contributed by atoms with Crippen molar-refractivity contribution in [2.45, 2.75) is 19.4 Å². The summed E-state index contributed by atoms with van der Waals surface area (Å²) in [5.41, 5.74) is 2.06. The molecule has 1 atom stereocenters. The highest BCUT2D eigenvalue weighted by atomic mass is 35.5. The predicted octanol–water partition coefficient (Wildman–Crippen LogP) is 3.76. The summed E-state index contributed by atoms with van der Waals surface area (Å²) >= 11 is 5.81. The van der Waals surface area contributed by atoms with Crippen LogP contribution in [0.4, 0.5) is 0 Å². The largest absolute Gasteiger partial charge is 0.349 e. The fourth-order valence-corrected chi connectivity index (χ4v) is 2.03. The topological polar surface area (TPSA) is 29.1 Å². The molecular weight excluding hydrogens is 258 g/mol. The lowest BCUT2D eigenvalue weighted by Crippen LogP contribution is -2.28. The van der Waals surface area contributed by atoms with E-state index in [9.17, 15) is 4.79 Å². The molecule has 0 saturated heterocycles. The highest BCUT2D eigenvalue weighted by Gasteiger charge is 2.09. The highest BCUT2D eigenvalue weighted by molar-refractivity contribution is 6.30. The summed E-state index contributed by atoms with van der Waals surface area (Å²) < 4.78 is 0. The zero-order valence-electron chi connectivity index (χ0n) is 10.8. The first kappa shape index (κ1) is 13.6. The van der Waals surface area contributed by atoms with Crippen LogP contribution in [0.3, 0.4) is 0 Å². The Kier molecular flexibility index (Phi) is 4.58. The second-order valence-electron chi connectivity index (χ2n) is 4.50. The molecule has 1 N–H and O–H groups in total. The summed E-state index contributed by atoms with van der Waals surface area (Å²) in [6, 6.07) is 17.3. The fourth-order valence-electron chi connectivity index (χ4n) is 1.91. The van der Waals surface area contributed by atoms with E-state index >= 15 is 0 Å². The molecule has 0 fully saturated rings. The molecule has 0 heterocycles. The third-order valence-corrected chi connectivity index (χ3v) is 3.21. The molecule has 1 amide bonds. The summed E-state index contributed by atoms with van der Waals surface area (Å²) in [6.45, 7) is 1.98. The lowest BCUT2D eigenvalue weighted by molar-refractivity contribution is -0.121. The predicted molar refractivity (Wildman–Crippen MR) is 78.2 cm³/mol. The Morgan fingerprint density at radius 1 is 1.11 bits per heavy atom. The number of hydrogen-bond acceptors (Lipinski definition) is 1. The van der Waals surface area contributed by atoms with E-state index in [4.69, 9.17) is 11.6 Å². The molecule has 0 aliphatic rings. The first-order chi connectivity index (χ1) is 9.15. The third kappa shape index (κ3) is 4.11. The minimum atomic E-state index is 0.0127. The zero-order chi connectivity index (χ0) is 13.7. The van der Waals surface area contributed by atoms with Crippen molar-refractivity contribution in [3.05, 3.63) is 70.7 Å². The van der Waals surface area contributed by atoms with Gasteiger partial charge in [-0.1, -0.05) is 54.1 Å². The van der Waals surface area contributed by atoms with Crippen molar-refractivity contribution in [1.29, 1.82) is 0 Å². The van der Waals surface area contributed by atoms with Gasteiger partial charge < -0.3 is 5.32 Å². The van der Waals surface area contributed by atoms with E-state index in [0.29, 0.717) is 11.4 Å². The van der Waals surface area contributed by atoms with Crippen LogP contribution in [0.5, 0.6) is 0 Å². The summed E-state index contributed by atoms with van der Waals surface area (Å²) in [5.74, 6) is 0.0127. The van der Waals surface area contributed by atoms with E-state index in [2.05, 4.69) is 5.32 Å². The third-order valence-electron chi connectivity index (χ3n) is 2.96. The van der Waals surface area contributed by atoms with Gasteiger partial charge in [-0.05, 0) is 30.2 Å². The van der Waals surface area contributed by atoms with Gasteiger partial charge in [-0.15, -0.1) is 0 Å². The molecule has 0 radical (unpaired) electrons. The van der Waals surface area contributed by atoms with E-state index in [1.54, 1.807) is 12.1 Å². The number of carbonyl (C=O) groups excluding carboxylic acids is 1. The molecule has 0 aromatic heterocycles. The zero-order valence-corrected chi connectivity index (χ0v) is 11.5. The van der Waals surface area contributed by atoms with Crippen molar-refractivity contribution >= 4 is 17.5 Å². The van der Waals surface area contributed by atoms with Gasteiger partial charge in [-0.3, -0.25) is 4.79 Å². The molecule has 19 heavy (non-hydrogen) atoms. The number of hydrogen-bond donors (Lipinski definition) is 1. The van der Waals surface area contributed by atoms with Gasteiger partial charge in [0.15, 0.2) is 0 Å². The van der Waals surface area contributed by atoms with Crippen molar-refractivity contribution in [2.75, 3.05) is 0 Å². The number of nitrogens with one attached hydrogen (secondary N) is 1. The lowest BCUT2D eigenvalue weighted by Gasteiger charge is -2.14. The van der Waals surface area contributed by atoms with Crippen LogP contribution in [0.25, 0.3) is 0 Å². The molecule has 2 nitrogen and oxygen atoms in total. The smallest absolute Gasteiger partial charge is 0.224 e. The molecular formula is C16H16ClNO. The average Bonchev–Trinajstić information content (AvgIpc) is 2.42. The summed E-state index contributed by atoms with van der Waals surface area (Å²) in [6.07, 6.45) is 0.369. The normalized spacial score (nSPS) is 11.9. The van der Waals surface area contributed by atoms with E-state index in [1.807, 2.05) is 49.4 Å². The summed E-state index contributed by atoms with van der Waals surface area (Å²) in [5, 5.41) is 3.67. The molecule has 2 rings (SSSR count). The maximum atomic E-state index is 11.9. The Hall–Kier alpha value is -1.80. The highest BCUT2D eigenvalue weighted by Crippen LogP contribution is 2.13. The number of rotatable bonds is 4. The van der Waals surface area contributed by atoms with Crippen LogP contribution in [-0.2, 0) is 11.2 Å². The molecule has 0 bridgehead atoms. The molecule has 0 aliphatic heterocycles. The van der Waals surface area contributed by atoms with Crippen molar-refractivity contribution in [3.63, 3.8) is 0 Å². The standard InChI is InChI=1S/C16H16ClNO/c1-12(14-5-3-2-4-6-14)18-16(19)11-13-7-9-15(17)10-8-13/h2-10,12H,11H2,1H3,(H,18,19). The average molecular weight is 274 g/mol. The van der Waals surface area contributed by atoms with Gasteiger partial charge in [0.05, 0.1) is 12.5 Å². The van der Waals surface area contributed by atoms with E-state index in [-0.39, 0.29) is 11.9 Å². The Labute approximate surface area is 118 Å². The van der Waals surface area contributed by atoms with Gasteiger partial charge in [0.1, 0.15) is 0 Å². The fraction of sp³-hybridized carbons (Fsp3) is 0.188. The van der Waals surface area contributed by atoms with Crippen LogP contribution in [-0.4, -0.2) is 5.91 Å². The van der Waals surface area contributed by atoms with Gasteiger partial charge >= 0.3 is 0 Å². The molecule has 3 heteroatoms. The first-order valence-corrected chi connectivity index (χ1v) is 6.61. The van der Waals surface area contributed by atoms with E-state index in [0.717, 1.165) is 11.1 Å². The van der Waals surface area contributed by atoms with Crippen LogP contribution in [0.15, 0.2) is 54.6 Å². The minimum Gasteiger partial charge on any atom is -0.349 e. The summed E-state index contributed by atoms with van der Waals surface area (Å²) in [4.78, 5) is 11.9. The van der Waals surface area contributed by atoms with Gasteiger partial charge in [0, 0.05) is 5.02 Å². The number of amides is 1. The lowest BCUT2D eigenvalue weighted by atomic mass is 10.1. The molecule has 1 unspecified atom stereocenters. The van der Waals surface area contributed by atoms with Crippen LogP contribution < -0.4 is 5.32 Å². The van der Waals surface area contributed by atoms with Crippen molar-refractivity contribution in [3.8, 4) is 0 Å². The molecule has 2 aromatic carbocycles. The molecule has 98 valence electrons. The Morgan fingerprint density at radius 2 is 1.74 bits per heavy atom. The Bertz CT molecular complexity index is 536. The quantitative estimate of drug-likeness (QED) is 0.903. The van der Waals surface area contributed by atoms with Gasteiger partial charge in [-0.2, -0.15) is 0 Å².